The minimum Gasteiger partial charge on any atom is -1.00 e. The molecule has 0 N–H and O–H groups in total. The molecule has 0 spiro atoms. The number of hydrogen-bond acceptors (Lipinski definition) is 1. The maximum atomic E-state index is 10.6. The first-order valence-corrected chi connectivity index (χ1v) is 3.85. The predicted molar refractivity (Wildman–Crippen MR) is 57.3 cm³/mol. The molecule has 0 heterocycles. The first kappa shape index (κ1) is 10.7. The minimum atomic E-state index is 0. The summed E-state index contributed by atoms with van der Waals surface area (Å²) in [4.78, 5) is 10.6. The summed E-state index contributed by atoms with van der Waals surface area (Å²) in [5.41, 5.74) is 0.758. The second-order valence-corrected chi connectivity index (χ2v) is 2.69. The van der Waals surface area contributed by atoms with E-state index in [-0.39, 0.29) is 40.6 Å². The summed E-state index contributed by atoms with van der Waals surface area (Å²) in [5.74, 6) is 0. The molecule has 0 amide bonds. The summed E-state index contributed by atoms with van der Waals surface area (Å²) in [6.07, 6.45) is 0.891. The molecule has 0 aliphatic rings. The van der Waals surface area contributed by atoms with Crippen LogP contribution < -0.4 is 0 Å². The number of rotatable bonds is 1. The number of fused-ring (bicyclic) bond motifs is 1. The monoisotopic (exact) mass is 198 g/mol. The number of carbonyl (C=O) groups is 1. The Kier molecular flexibility index (Phi) is 3.91. The molecule has 2 aromatic carbocycles. The zero-order valence-corrected chi connectivity index (χ0v) is 9.44. The van der Waals surface area contributed by atoms with Crippen molar-refractivity contribution in [2.75, 3.05) is 0 Å². The Morgan fingerprint density at radius 1 is 1.00 bits per heavy atom. The fraction of sp³-hybridized carbons (Fsp3) is 0. The van der Waals surface area contributed by atoms with Crippen molar-refractivity contribution in [2.45, 2.75) is 0 Å². The number of carbonyl (C=O) groups excluding carboxylic acids is 1. The van der Waals surface area contributed by atoms with Crippen LogP contribution in [0.15, 0.2) is 42.5 Å². The molecule has 0 saturated carbocycles. The third kappa shape index (κ3) is 2.11. The summed E-state index contributed by atoms with van der Waals surface area (Å²) >= 11 is 0. The van der Waals surface area contributed by atoms with Gasteiger partial charge in [0.15, 0.2) is 6.29 Å². The quantitative estimate of drug-likeness (QED) is 0.508. The van der Waals surface area contributed by atoms with Crippen molar-refractivity contribution >= 4 is 54.8 Å². The van der Waals surface area contributed by atoms with Crippen LogP contribution in [0.4, 0.5) is 0 Å². The topological polar surface area (TPSA) is 17.1 Å². The number of benzene rings is 2. The van der Waals surface area contributed by atoms with Crippen molar-refractivity contribution in [2.24, 2.45) is 0 Å². The summed E-state index contributed by atoms with van der Waals surface area (Å²) in [6.45, 7) is 0. The summed E-state index contributed by atoms with van der Waals surface area (Å²) in [5, 5.41) is 2.14. The number of hydrogen-bond donors (Lipinski definition) is 0. The van der Waals surface area contributed by atoms with Gasteiger partial charge in [-0.3, -0.25) is 4.79 Å². The van der Waals surface area contributed by atoms with Gasteiger partial charge in [-0.1, -0.05) is 42.5 Å². The Bertz CT molecular complexity index is 426. The first-order valence-electron chi connectivity index (χ1n) is 3.85. The molecule has 0 aromatic heterocycles. The van der Waals surface area contributed by atoms with Gasteiger partial charge >= 0.3 is 37.7 Å². The molecular formula is C11H10CaO. The molecule has 0 fully saturated rings. The van der Waals surface area contributed by atoms with Gasteiger partial charge in [0.05, 0.1) is 0 Å². The maximum Gasteiger partial charge on any atom is 2.00 e. The molecule has 2 aromatic rings. The van der Waals surface area contributed by atoms with Gasteiger partial charge in [-0.15, -0.1) is 0 Å². The van der Waals surface area contributed by atoms with Crippen LogP contribution >= 0.6 is 0 Å². The van der Waals surface area contributed by atoms with Gasteiger partial charge in [0, 0.05) is 5.56 Å². The van der Waals surface area contributed by atoms with Gasteiger partial charge in [0.1, 0.15) is 0 Å². The van der Waals surface area contributed by atoms with E-state index in [4.69, 9.17) is 0 Å². The molecule has 0 radical (unpaired) electrons. The second kappa shape index (κ2) is 4.75. The molecule has 1 nitrogen and oxygen atoms in total. The van der Waals surface area contributed by atoms with E-state index in [1.165, 1.54) is 0 Å². The fourth-order valence-electron chi connectivity index (χ4n) is 1.35. The molecule has 0 unspecified atom stereocenters. The van der Waals surface area contributed by atoms with Crippen molar-refractivity contribution in [1.29, 1.82) is 0 Å². The fourth-order valence-corrected chi connectivity index (χ4v) is 1.35. The van der Waals surface area contributed by atoms with Crippen LogP contribution in [-0.2, 0) is 0 Å². The molecule has 2 heteroatoms. The third-order valence-corrected chi connectivity index (χ3v) is 1.95. The maximum absolute atomic E-state index is 10.6. The Morgan fingerprint density at radius 3 is 2.46 bits per heavy atom. The summed E-state index contributed by atoms with van der Waals surface area (Å²) in [6, 6.07) is 13.6. The molecule has 0 bridgehead atoms. The second-order valence-electron chi connectivity index (χ2n) is 2.69. The predicted octanol–water partition coefficient (Wildman–Crippen LogP) is 2.50. The third-order valence-electron chi connectivity index (χ3n) is 1.95. The Balaban J connectivity index is 0. The van der Waals surface area contributed by atoms with Crippen molar-refractivity contribution < 1.29 is 7.65 Å². The summed E-state index contributed by atoms with van der Waals surface area (Å²) in [7, 11) is 0. The van der Waals surface area contributed by atoms with E-state index in [1.807, 2.05) is 42.5 Å². The molecule has 0 saturated heterocycles. The zero-order valence-electron chi connectivity index (χ0n) is 9.23. The Labute approximate surface area is 110 Å². The molecule has 0 aliphatic heterocycles. The average Bonchev–Trinajstić information content (AvgIpc) is 2.17. The van der Waals surface area contributed by atoms with Crippen LogP contribution in [0.1, 0.15) is 13.2 Å². The van der Waals surface area contributed by atoms with Crippen molar-refractivity contribution in [1.82, 2.24) is 0 Å². The molecule has 13 heavy (non-hydrogen) atoms. The van der Waals surface area contributed by atoms with Gasteiger partial charge in [0.2, 0.25) is 0 Å². The Morgan fingerprint density at radius 2 is 1.69 bits per heavy atom. The zero-order chi connectivity index (χ0) is 8.39. The van der Waals surface area contributed by atoms with Crippen LogP contribution in [0.2, 0.25) is 0 Å². The standard InChI is InChI=1S/C11H8O.Ca.2H/c12-8-10-6-3-5-9-4-1-2-7-11(9)10;;;/h1-8H;;;/q;+2;2*-1. The molecule has 0 atom stereocenters. The molecular weight excluding hydrogens is 188 g/mol. The van der Waals surface area contributed by atoms with E-state index < -0.39 is 0 Å². The Hall–Kier alpha value is -0.370. The van der Waals surface area contributed by atoms with Gasteiger partial charge < -0.3 is 2.85 Å². The SMILES string of the molecule is O=Cc1cccc2ccccc12.[Ca+2].[H-].[H-]. The van der Waals surface area contributed by atoms with Gasteiger partial charge in [-0.05, 0) is 10.8 Å². The van der Waals surface area contributed by atoms with Crippen LogP contribution in [0, 0.1) is 0 Å². The summed E-state index contributed by atoms with van der Waals surface area (Å²) < 4.78 is 0. The van der Waals surface area contributed by atoms with Crippen LogP contribution in [0.5, 0.6) is 0 Å². The smallest absolute Gasteiger partial charge is 1.00 e. The number of aldehydes is 1. The van der Waals surface area contributed by atoms with Gasteiger partial charge in [0.25, 0.3) is 0 Å². The van der Waals surface area contributed by atoms with E-state index in [2.05, 4.69) is 0 Å². The van der Waals surface area contributed by atoms with Crippen molar-refractivity contribution in [3.63, 3.8) is 0 Å². The molecule has 0 aliphatic carbocycles. The van der Waals surface area contributed by atoms with E-state index in [1.54, 1.807) is 0 Å². The van der Waals surface area contributed by atoms with E-state index in [0.29, 0.717) is 0 Å². The van der Waals surface area contributed by atoms with Gasteiger partial charge in [-0.25, -0.2) is 0 Å². The van der Waals surface area contributed by atoms with Crippen molar-refractivity contribution in [3.8, 4) is 0 Å². The van der Waals surface area contributed by atoms with Crippen LogP contribution in [0.25, 0.3) is 10.8 Å². The first-order chi connectivity index (χ1) is 5.92. The largest absolute Gasteiger partial charge is 2.00 e. The van der Waals surface area contributed by atoms with E-state index in [0.717, 1.165) is 22.6 Å². The van der Waals surface area contributed by atoms with Gasteiger partial charge in [-0.2, -0.15) is 0 Å². The normalized spacial score (nSPS) is 9.23. The van der Waals surface area contributed by atoms with E-state index in [9.17, 15) is 4.79 Å². The van der Waals surface area contributed by atoms with Crippen LogP contribution in [-0.4, -0.2) is 44.0 Å². The molecule has 2 rings (SSSR count). The average molecular weight is 198 g/mol. The minimum absolute atomic E-state index is 0. The van der Waals surface area contributed by atoms with Crippen molar-refractivity contribution in [3.05, 3.63) is 48.0 Å². The molecule has 62 valence electrons. The van der Waals surface area contributed by atoms with E-state index >= 15 is 0 Å². The van der Waals surface area contributed by atoms with Crippen LogP contribution in [0.3, 0.4) is 0 Å².